The molecule has 0 unspecified atom stereocenters. The van der Waals surface area contributed by atoms with Crippen LogP contribution < -0.4 is 10.6 Å². The highest BCUT2D eigenvalue weighted by molar-refractivity contribution is 5.80. The fourth-order valence-electron chi connectivity index (χ4n) is 2.37. The van der Waals surface area contributed by atoms with Gasteiger partial charge >= 0.3 is 0 Å². The monoisotopic (exact) mass is 329 g/mol. The molecular weight excluding hydrogens is 302 g/mol. The van der Waals surface area contributed by atoms with Crippen molar-refractivity contribution >= 4 is 5.96 Å². The predicted octanol–water partition coefficient (Wildman–Crippen LogP) is 2.48. The number of hydrogen-bond acceptors (Lipinski definition) is 3. The fraction of sp³-hybridized carbons (Fsp3) is 0.444. The number of nitrogens with zero attached hydrogens (tertiary/aromatic N) is 3. The van der Waals surface area contributed by atoms with Crippen molar-refractivity contribution in [2.45, 2.75) is 33.7 Å². The Balaban J connectivity index is 1.99. The van der Waals surface area contributed by atoms with Gasteiger partial charge in [-0.05, 0) is 32.9 Å². The molecule has 0 amide bonds. The van der Waals surface area contributed by atoms with Crippen LogP contribution in [-0.2, 0) is 20.0 Å². The number of hydrogen-bond donors (Lipinski definition) is 2. The maximum Gasteiger partial charge on any atom is 0.191 e. The summed E-state index contributed by atoms with van der Waals surface area (Å²) in [6.07, 6.45) is 2.50. The summed E-state index contributed by atoms with van der Waals surface area (Å²) < 4.78 is 7.25. The highest BCUT2D eigenvalue weighted by atomic mass is 16.3. The molecule has 2 aromatic heterocycles. The minimum atomic E-state index is 0.595. The lowest BCUT2D eigenvalue weighted by atomic mass is 10.2. The minimum absolute atomic E-state index is 0.595. The minimum Gasteiger partial charge on any atom is -0.469 e. The van der Waals surface area contributed by atoms with Crippen molar-refractivity contribution in [1.29, 1.82) is 0 Å². The van der Waals surface area contributed by atoms with Gasteiger partial charge in [-0.15, -0.1) is 0 Å². The predicted molar refractivity (Wildman–Crippen MR) is 97.1 cm³/mol. The van der Waals surface area contributed by atoms with E-state index in [1.165, 1.54) is 5.56 Å². The number of furan rings is 1. The average Bonchev–Trinajstić information content (AvgIpc) is 3.12. The molecule has 6 nitrogen and oxygen atoms in total. The number of nitrogens with one attached hydrogen (secondary N) is 2. The number of aromatic nitrogens is 2. The van der Waals surface area contributed by atoms with E-state index < -0.39 is 0 Å². The second-order valence-electron chi connectivity index (χ2n) is 6.00. The van der Waals surface area contributed by atoms with Gasteiger partial charge in [0.05, 0.1) is 18.5 Å². The second kappa shape index (κ2) is 8.38. The second-order valence-corrected chi connectivity index (χ2v) is 6.00. The third-order valence-electron chi connectivity index (χ3n) is 3.86. The summed E-state index contributed by atoms with van der Waals surface area (Å²) in [7, 11) is 1.96. The van der Waals surface area contributed by atoms with Crippen LogP contribution in [0.15, 0.2) is 40.0 Å². The Morgan fingerprint density at radius 3 is 2.75 bits per heavy atom. The van der Waals surface area contributed by atoms with Crippen molar-refractivity contribution in [1.82, 2.24) is 20.4 Å². The quantitative estimate of drug-likeness (QED) is 0.465. The first-order valence-electron chi connectivity index (χ1n) is 8.15. The van der Waals surface area contributed by atoms with Gasteiger partial charge < -0.3 is 15.1 Å². The lowest BCUT2D eigenvalue weighted by molar-refractivity contribution is 0.507. The Kier molecular flexibility index (Phi) is 6.23. The van der Waals surface area contributed by atoms with Crippen LogP contribution >= 0.6 is 0 Å². The first kappa shape index (κ1) is 17.8. The molecule has 24 heavy (non-hydrogen) atoms. The van der Waals surface area contributed by atoms with Crippen LogP contribution in [0.3, 0.4) is 0 Å². The normalized spacial score (nSPS) is 11.6. The van der Waals surface area contributed by atoms with Gasteiger partial charge in [0.1, 0.15) is 5.76 Å². The summed E-state index contributed by atoms with van der Waals surface area (Å²) in [5, 5.41) is 11.1. The van der Waals surface area contributed by atoms with Gasteiger partial charge in [0.2, 0.25) is 0 Å². The molecule has 6 heteroatoms. The van der Waals surface area contributed by atoms with Crippen molar-refractivity contribution in [2.24, 2.45) is 12.0 Å². The number of rotatable bonds is 7. The number of guanidine groups is 1. The lowest BCUT2D eigenvalue weighted by Gasteiger charge is -2.12. The first-order chi connectivity index (χ1) is 11.5. The Labute approximate surface area is 143 Å². The van der Waals surface area contributed by atoms with Gasteiger partial charge in [-0.1, -0.05) is 12.2 Å². The zero-order valence-electron chi connectivity index (χ0n) is 15.0. The molecule has 2 rings (SSSR count). The summed E-state index contributed by atoms with van der Waals surface area (Å²) in [5.41, 5.74) is 4.39. The van der Waals surface area contributed by atoms with E-state index in [0.717, 1.165) is 41.6 Å². The molecule has 130 valence electrons. The molecule has 0 fully saturated rings. The topological polar surface area (TPSA) is 67.4 Å². The maximum atomic E-state index is 5.35. The third-order valence-corrected chi connectivity index (χ3v) is 3.86. The summed E-state index contributed by atoms with van der Waals surface area (Å²) in [4.78, 5) is 4.69. The van der Waals surface area contributed by atoms with Gasteiger partial charge in [-0.2, -0.15) is 5.10 Å². The van der Waals surface area contributed by atoms with E-state index in [1.54, 1.807) is 6.26 Å². The highest BCUT2D eigenvalue weighted by Gasteiger charge is 2.09. The smallest absolute Gasteiger partial charge is 0.191 e. The van der Waals surface area contributed by atoms with Gasteiger partial charge in [0.15, 0.2) is 5.96 Å². The van der Waals surface area contributed by atoms with Crippen molar-refractivity contribution in [3.8, 4) is 0 Å². The van der Waals surface area contributed by atoms with Crippen molar-refractivity contribution in [2.75, 3.05) is 13.1 Å². The van der Waals surface area contributed by atoms with Crippen molar-refractivity contribution in [3.05, 3.63) is 53.3 Å². The molecule has 0 aliphatic rings. The van der Waals surface area contributed by atoms with E-state index in [-0.39, 0.29) is 0 Å². The van der Waals surface area contributed by atoms with E-state index in [4.69, 9.17) is 4.42 Å². The Bertz CT molecular complexity index is 697. The number of aliphatic imine (C=N–C) groups is 1. The van der Waals surface area contributed by atoms with Crippen LogP contribution in [0.25, 0.3) is 0 Å². The molecule has 2 aromatic rings. The molecule has 0 aromatic carbocycles. The van der Waals surface area contributed by atoms with E-state index in [0.29, 0.717) is 13.1 Å². The molecule has 2 N–H and O–H groups in total. The first-order valence-corrected chi connectivity index (χ1v) is 8.15. The van der Waals surface area contributed by atoms with Gasteiger partial charge in [-0.25, -0.2) is 4.99 Å². The standard InChI is InChI=1S/C18H27N5O/c1-13(2)11-20-18(19-9-8-16-7-6-10-24-16)21-12-17-14(3)22-23(5)15(17)4/h6-7,10H,1,8-9,11-12H2,2-5H3,(H2,19,20,21). The Morgan fingerprint density at radius 2 is 2.17 bits per heavy atom. The molecule has 0 bridgehead atoms. The summed E-state index contributed by atoms with van der Waals surface area (Å²) in [6.45, 7) is 12.0. The zero-order chi connectivity index (χ0) is 17.5. The van der Waals surface area contributed by atoms with Crippen LogP contribution in [0.2, 0.25) is 0 Å². The van der Waals surface area contributed by atoms with E-state index in [9.17, 15) is 0 Å². The molecular formula is C18H27N5O. The van der Waals surface area contributed by atoms with Crippen LogP contribution in [-0.4, -0.2) is 28.8 Å². The lowest BCUT2D eigenvalue weighted by Crippen LogP contribution is -2.39. The van der Waals surface area contributed by atoms with Crippen molar-refractivity contribution < 1.29 is 4.42 Å². The van der Waals surface area contributed by atoms with Crippen LogP contribution in [0.5, 0.6) is 0 Å². The molecule has 0 spiro atoms. The van der Waals surface area contributed by atoms with Gasteiger partial charge in [-0.3, -0.25) is 4.68 Å². The van der Waals surface area contributed by atoms with Crippen LogP contribution in [0.4, 0.5) is 0 Å². The summed E-state index contributed by atoms with van der Waals surface area (Å²) in [5.74, 6) is 1.73. The molecule has 0 atom stereocenters. The average molecular weight is 329 g/mol. The highest BCUT2D eigenvalue weighted by Crippen LogP contribution is 2.12. The van der Waals surface area contributed by atoms with Gasteiger partial charge in [0.25, 0.3) is 0 Å². The molecule has 0 radical (unpaired) electrons. The Hall–Kier alpha value is -2.50. The largest absolute Gasteiger partial charge is 0.469 e. The maximum absolute atomic E-state index is 5.35. The van der Waals surface area contributed by atoms with Gasteiger partial charge in [0, 0.05) is 37.8 Å². The molecule has 0 aliphatic heterocycles. The zero-order valence-corrected chi connectivity index (χ0v) is 15.0. The molecule has 0 saturated carbocycles. The number of aryl methyl sites for hydroxylation is 2. The summed E-state index contributed by atoms with van der Waals surface area (Å²) in [6, 6.07) is 3.87. The van der Waals surface area contributed by atoms with E-state index >= 15 is 0 Å². The molecule has 2 heterocycles. The van der Waals surface area contributed by atoms with Crippen LogP contribution in [0.1, 0.15) is 29.6 Å². The van der Waals surface area contributed by atoms with Crippen molar-refractivity contribution in [3.63, 3.8) is 0 Å². The Morgan fingerprint density at radius 1 is 1.38 bits per heavy atom. The van der Waals surface area contributed by atoms with E-state index in [2.05, 4.69) is 34.2 Å². The SMILES string of the molecule is C=C(C)CNC(=NCc1c(C)nn(C)c1C)NCCc1ccco1. The molecule has 0 aliphatic carbocycles. The van der Waals surface area contributed by atoms with E-state index in [1.807, 2.05) is 37.7 Å². The van der Waals surface area contributed by atoms with Crippen LogP contribution in [0, 0.1) is 13.8 Å². The third kappa shape index (κ3) is 5.01. The molecule has 0 saturated heterocycles. The fourth-order valence-corrected chi connectivity index (χ4v) is 2.37. The summed E-state index contributed by atoms with van der Waals surface area (Å²) >= 11 is 0.